The molecule has 0 saturated carbocycles. The van der Waals surface area contributed by atoms with E-state index in [9.17, 15) is 4.79 Å². The molecule has 1 nitrogen and oxygen atoms in total. The molecule has 0 unspecified atom stereocenters. The highest BCUT2D eigenvalue weighted by atomic mass is 16.1. The molecule has 0 atom stereocenters. The third-order valence-electron chi connectivity index (χ3n) is 4.40. The molecule has 0 bridgehead atoms. The van der Waals surface area contributed by atoms with Gasteiger partial charge in [-0.25, -0.2) is 0 Å². The Bertz CT molecular complexity index is 921. The summed E-state index contributed by atoms with van der Waals surface area (Å²) in [5, 5.41) is 4.72. The van der Waals surface area contributed by atoms with Gasteiger partial charge in [-0.05, 0) is 32.7 Å². The Hall–Kier alpha value is -2.93. The number of aldehydes is 1. The van der Waals surface area contributed by atoms with E-state index in [2.05, 4.69) is 60.7 Å². The predicted molar refractivity (Wildman–Crippen MR) is 95.8 cm³/mol. The van der Waals surface area contributed by atoms with Gasteiger partial charge >= 0.3 is 0 Å². The zero-order chi connectivity index (χ0) is 15.6. The summed E-state index contributed by atoms with van der Waals surface area (Å²) in [4.78, 5) is 11.8. The number of hydrogen-bond donors (Lipinski definition) is 0. The number of fused-ring (bicyclic) bond motifs is 2. The molecule has 0 aliphatic rings. The average molecular weight is 296 g/mol. The van der Waals surface area contributed by atoms with Crippen molar-refractivity contribution >= 4 is 27.8 Å². The zero-order valence-electron chi connectivity index (χ0n) is 12.6. The number of carbonyl (C=O) groups is 1. The van der Waals surface area contributed by atoms with Crippen molar-refractivity contribution in [2.24, 2.45) is 0 Å². The molecule has 4 aromatic carbocycles. The molecule has 0 aromatic heterocycles. The second kappa shape index (κ2) is 5.69. The average Bonchev–Trinajstić information content (AvgIpc) is 2.62. The summed E-state index contributed by atoms with van der Waals surface area (Å²) in [7, 11) is 0. The molecule has 110 valence electrons. The van der Waals surface area contributed by atoms with Crippen LogP contribution in [0.4, 0.5) is 0 Å². The summed E-state index contributed by atoms with van der Waals surface area (Å²) in [5.74, 6) is -0.232. The summed E-state index contributed by atoms with van der Waals surface area (Å²) in [5.41, 5.74) is 2.07. The number of benzene rings is 4. The molecule has 0 radical (unpaired) electrons. The molecular weight excluding hydrogens is 280 g/mol. The number of hydrogen-bond acceptors (Lipinski definition) is 1. The van der Waals surface area contributed by atoms with Crippen LogP contribution >= 0.6 is 0 Å². The van der Waals surface area contributed by atoms with Crippen molar-refractivity contribution in [1.29, 1.82) is 0 Å². The summed E-state index contributed by atoms with van der Waals surface area (Å²) in [6, 6.07) is 29.0. The smallest absolute Gasteiger partial charge is 0.131 e. The monoisotopic (exact) mass is 296 g/mol. The van der Waals surface area contributed by atoms with Crippen molar-refractivity contribution < 1.29 is 4.79 Å². The minimum Gasteiger partial charge on any atom is -0.302 e. The molecule has 4 aromatic rings. The molecule has 0 saturated heterocycles. The Morgan fingerprint density at radius 3 is 1.43 bits per heavy atom. The summed E-state index contributed by atoms with van der Waals surface area (Å²) < 4.78 is 0. The molecule has 0 amide bonds. The molecule has 0 aliphatic carbocycles. The quantitative estimate of drug-likeness (QED) is 0.467. The highest BCUT2D eigenvalue weighted by molar-refractivity contribution is 5.86. The second-order valence-corrected chi connectivity index (χ2v) is 5.83. The van der Waals surface area contributed by atoms with Gasteiger partial charge in [0.1, 0.15) is 6.29 Å². The Kier molecular flexibility index (Phi) is 3.39. The van der Waals surface area contributed by atoms with E-state index < -0.39 is 0 Å². The first kappa shape index (κ1) is 13.7. The maximum absolute atomic E-state index is 11.8. The van der Waals surface area contributed by atoms with Gasteiger partial charge in [0, 0.05) is 0 Å². The van der Waals surface area contributed by atoms with E-state index in [-0.39, 0.29) is 5.92 Å². The maximum atomic E-state index is 11.8. The second-order valence-electron chi connectivity index (χ2n) is 5.83. The molecule has 4 rings (SSSR count). The van der Waals surface area contributed by atoms with Crippen LogP contribution in [0.5, 0.6) is 0 Å². The van der Waals surface area contributed by atoms with Gasteiger partial charge in [0.2, 0.25) is 0 Å². The van der Waals surface area contributed by atoms with Gasteiger partial charge in [-0.2, -0.15) is 0 Å². The van der Waals surface area contributed by atoms with Crippen molar-refractivity contribution in [3.05, 3.63) is 96.1 Å². The third kappa shape index (κ3) is 2.51. The van der Waals surface area contributed by atoms with Gasteiger partial charge in [-0.15, -0.1) is 0 Å². The van der Waals surface area contributed by atoms with Gasteiger partial charge < -0.3 is 4.79 Å². The molecular formula is C22H16O. The lowest BCUT2D eigenvalue weighted by atomic mass is 9.90. The van der Waals surface area contributed by atoms with Gasteiger partial charge in [0.15, 0.2) is 0 Å². The van der Waals surface area contributed by atoms with Crippen molar-refractivity contribution in [2.75, 3.05) is 0 Å². The Labute approximate surface area is 135 Å². The lowest BCUT2D eigenvalue weighted by Gasteiger charge is -2.13. The number of carbonyl (C=O) groups excluding carboxylic acids is 1. The lowest BCUT2D eigenvalue weighted by Crippen LogP contribution is -2.02. The van der Waals surface area contributed by atoms with Crippen molar-refractivity contribution in [3.63, 3.8) is 0 Å². The molecule has 0 aliphatic heterocycles. The zero-order valence-corrected chi connectivity index (χ0v) is 12.6. The van der Waals surface area contributed by atoms with Crippen LogP contribution in [-0.4, -0.2) is 6.29 Å². The first-order chi connectivity index (χ1) is 11.3. The molecule has 0 heterocycles. The lowest BCUT2D eigenvalue weighted by molar-refractivity contribution is -0.108. The van der Waals surface area contributed by atoms with E-state index in [1.165, 1.54) is 10.8 Å². The fraction of sp³-hybridized carbons (Fsp3) is 0.0455. The molecule has 1 heteroatoms. The van der Waals surface area contributed by atoms with Gasteiger partial charge in [-0.3, -0.25) is 0 Å². The van der Waals surface area contributed by atoms with Gasteiger partial charge in [0.25, 0.3) is 0 Å². The van der Waals surface area contributed by atoms with Crippen LogP contribution in [0.2, 0.25) is 0 Å². The summed E-state index contributed by atoms with van der Waals surface area (Å²) in [6.45, 7) is 0. The Morgan fingerprint density at radius 1 is 0.565 bits per heavy atom. The van der Waals surface area contributed by atoms with E-state index in [1.807, 2.05) is 24.3 Å². The van der Waals surface area contributed by atoms with Crippen molar-refractivity contribution in [2.45, 2.75) is 5.92 Å². The van der Waals surface area contributed by atoms with Gasteiger partial charge in [-0.1, -0.05) is 84.9 Å². The summed E-state index contributed by atoms with van der Waals surface area (Å²) in [6.07, 6.45) is 1.04. The van der Waals surface area contributed by atoms with Crippen LogP contribution in [0.1, 0.15) is 17.0 Å². The molecule has 23 heavy (non-hydrogen) atoms. The highest BCUT2D eigenvalue weighted by Crippen LogP contribution is 2.28. The largest absolute Gasteiger partial charge is 0.302 e. The fourth-order valence-corrected chi connectivity index (χ4v) is 3.15. The highest BCUT2D eigenvalue weighted by Gasteiger charge is 2.14. The molecule has 0 fully saturated rings. The fourth-order valence-electron chi connectivity index (χ4n) is 3.15. The van der Waals surface area contributed by atoms with E-state index in [1.54, 1.807) is 0 Å². The first-order valence-electron chi connectivity index (χ1n) is 7.78. The van der Waals surface area contributed by atoms with E-state index in [0.717, 1.165) is 28.2 Å². The molecule has 0 spiro atoms. The van der Waals surface area contributed by atoms with E-state index in [0.29, 0.717) is 0 Å². The van der Waals surface area contributed by atoms with Crippen LogP contribution in [-0.2, 0) is 4.79 Å². The topological polar surface area (TPSA) is 17.1 Å². The normalized spacial score (nSPS) is 11.2. The van der Waals surface area contributed by atoms with Crippen LogP contribution in [0.25, 0.3) is 21.5 Å². The minimum atomic E-state index is -0.232. The van der Waals surface area contributed by atoms with Crippen molar-refractivity contribution in [3.8, 4) is 0 Å². The van der Waals surface area contributed by atoms with Gasteiger partial charge in [0.05, 0.1) is 5.92 Å². The summed E-state index contributed by atoms with van der Waals surface area (Å²) >= 11 is 0. The minimum absolute atomic E-state index is 0.232. The van der Waals surface area contributed by atoms with Crippen molar-refractivity contribution in [1.82, 2.24) is 0 Å². The van der Waals surface area contributed by atoms with E-state index >= 15 is 0 Å². The SMILES string of the molecule is O=CC(c1ccc2ccccc2c1)c1ccc2ccccc2c1. The number of rotatable bonds is 3. The Morgan fingerprint density at radius 2 is 1.00 bits per heavy atom. The van der Waals surface area contributed by atoms with Crippen LogP contribution in [0, 0.1) is 0 Å². The van der Waals surface area contributed by atoms with Crippen LogP contribution in [0.15, 0.2) is 84.9 Å². The van der Waals surface area contributed by atoms with E-state index in [4.69, 9.17) is 0 Å². The standard InChI is InChI=1S/C22H16O/c23-15-22(20-11-9-16-5-1-3-7-18(16)13-20)21-12-10-17-6-2-4-8-19(17)14-21/h1-15,22H. The van der Waals surface area contributed by atoms with Crippen LogP contribution < -0.4 is 0 Å². The third-order valence-corrected chi connectivity index (χ3v) is 4.40. The Balaban J connectivity index is 1.83. The van der Waals surface area contributed by atoms with Crippen LogP contribution in [0.3, 0.4) is 0 Å². The predicted octanol–water partition coefficient (Wildman–Crippen LogP) is 5.32. The maximum Gasteiger partial charge on any atom is 0.131 e. The molecule has 0 N–H and O–H groups in total. The first-order valence-corrected chi connectivity index (χ1v) is 7.78.